The Morgan fingerprint density at radius 2 is 2.00 bits per heavy atom. The topological polar surface area (TPSA) is 66.5 Å². The number of nitrogens with zero attached hydrogens (tertiary/aromatic N) is 1. The minimum Gasteiger partial charge on any atom is -0.352 e. The van der Waals surface area contributed by atoms with Crippen LogP contribution < -0.4 is 5.32 Å². The third kappa shape index (κ3) is 4.34. The van der Waals surface area contributed by atoms with E-state index in [0.717, 1.165) is 24.8 Å². The third-order valence-corrected chi connectivity index (χ3v) is 8.03. The Bertz CT molecular complexity index is 830. The number of carbonyl (C=O) groups excluding carboxylic acids is 1. The second-order valence-corrected chi connectivity index (χ2v) is 9.67. The smallest absolute Gasteiger partial charge is 0.252 e. The maximum absolute atomic E-state index is 12.9. The second-order valence-electron chi connectivity index (χ2n) is 6.61. The lowest BCUT2D eigenvalue weighted by Gasteiger charge is -2.34. The van der Waals surface area contributed by atoms with Crippen molar-refractivity contribution in [2.45, 2.75) is 42.9 Å². The monoisotopic (exact) mass is 392 g/mol. The van der Waals surface area contributed by atoms with Gasteiger partial charge in [-0.05, 0) is 49.8 Å². The normalized spacial score (nSPS) is 18.6. The molecule has 1 N–H and O–H groups in total. The van der Waals surface area contributed by atoms with Crippen LogP contribution in [0.25, 0.3) is 0 Å². The molecule has 0 spiro atoms. The first kappa shape index (κ1) is 19.1. The Balaban J connectivity index is 1.60. The van der Waals surface area contributed by atoms with E-state index in [9.17, 15) is 13.2 Å². The molecule has 3 rings (SSSR count). The molecule has 7 heteroatoms. The van der Waals surface area contributed by atoms with E-state index in [-0.39, 0.29) is 11.9 Å². The largest absolute Gasteiger partial charge is 0.352 e. The number of hydrogen-bond acceptors (Lipinski definition) is 4. The highest BCUT2D eigenvalue weighted by Crippen LogP contribution is 2.29. The van der Waals surface area contributed by atoms with Crippen molar-refractivity contribution in [3.63, 3.8) is 0 Å². The molecule has 2 heterocycles. The predicted octanol–water partition coefficient (Wildman–Crippen LogP) is 3.42. The first-order valence-electron chi connectivity index (χ1n) is 8.89. The van der Waals surface area contributed by atoms with Crippen molar-refractivity contribution in [2.24, 2.45) is 0 Å². The van der Waals surface area contributed by atoms with Crippen LogP contribution >= 0.6 is 11.3 Å². The van der Waals surface area contributed by atoms with Crippen molar-refractivity contribution < 1.29 is 13.2 Å². The van der Waals surface area contributed by atoms with E-state index in [2.05, 4.69) is 5.32 Å². The lowest BCUT2D eigenvalue weighted by atomic mass is 10.0. The van der Waals surface area contributed by atoms with E-state index >= 15 is 0 Å². The van der Waals surface area contributed by atoms with E-state index in [1.165, 1.54) is 11.3 Å². The quantitative estimate of drug-likeness (QED) is 0.819. The van der Waals surface area contributed by atoms with Crippen molar-refractivity contribution in [2.75, 3.05) is 13.1 Å². The number of rotatable bonds is 6. The number of thiophene rings is 1. The van der Waals surface area contributed by atoms with E-state index in [4.69, 9.17) is 0 Å². The van der Waals surface area contributed by atoms with Crippen LogP contribution in [0.1, 0.15) is 41.6 Å². The summed E-state index contributed by atoms with van der Waals surface area (Å²) in [5, 5.41) is 4.70. The number of nitrogens with one attached hydrogen (secondary N) is 1. The number of amides is 1. The van der Waals surface area contributed by atoms with Crippen LogP contribution in [-0.4, -0.2) is 37.8 Å². The Labute approximate surface area is 159 Å². The Hall–Kier alpha value is -1.70. The van der Waals surface area contributed by atoms with Crippen LogP contribution in [0.4, 0.5) is 0 Å². The minimum atomic E-state index is -3.44. The maximum atomic E-state index is 12.9. The fraction of sp³-hybridized carbons (Fsp3) is 0.421. The van der Waals surface area contributed by atoms with Crippen molar-refractivity contribution >= 4 is 27.3 Å². The number of sulfonamides is 1. The van der Waals surface area contributed by atoms with E-state index in [1.54, 1.807) is 34.0 Å². The first-order chi connectivity index (χ1) is 12.5. The number of hydrogen-bond donors (Lipinski definition) is 1. The molecule has 0 saturated carbocycles. The van der Waals surface area contributed by atoms with Gasteiger partial charge in [0.05, 0.1) is 0 Å². The summed E-state index contributed by atoms with van der Waals surface area (Å²) < 4.78 is 27.7. The van der Waals surface area contributed by atoms with Gasteiger partial charge in [0.1, 0.15) is 4.21 Å². The van der Waals surface area contributed by atoms with E-state index < -0.39 is 10.0 Å². The molecule has 0 aliphatic carbocycles. The standard InChI is InChI=1S/C19H24N2O3S2/c1-15-7-9-16(10-8-15)19(22)20-12-11-17-5-2-3-13-21(17)26(23,24)18-6-4-14-25-18/h4,6-10,14,17H,2-3,5,11-13H2,1H3,(H,20,22). The van der Waals surface area contributed by atoms with E-state index in [1.807, 2.05) is 19.1 Å². The zero-order valence-electron chi connectivity index (χ0n) is 14.8. The summed E-state index contributed by atoms with van der Waals surface area (Å²) in [6.45, 7) is 3.00. The highest BCUT2D eigenvalue weighted by atomic mass is 32.2. The highest BCUT2D eigenvalue weighted by Gasteiger charge is 2.33. The van der Waals surface area contributed by atoms with Gasteiger partial charge in [-0.25, -0.2) is 8.42 Å². The average Bonchev–Trinajstić information content (AvgIpc) is 3.18. The van der Waals surface area contributed by atoms with Gasteiger partial charge >= 0.3 is 0 Å². The first-order valence-corrected chi connectivity index (χ1v) is 11.2. The van der Waals surface area contributed by atoms with Crippen LogP contribution in [0.2, 0.25) is 0 Å². The molecule has 5 nitrogen and oxygen atoms in total. The maximum Gasteiger partial charge on any atom is 0.252 e. The van der Waals surface area contributed by atoms with Gasteiger partial charge in [-0.15, -0.1) is 11.3 Å². The average molecular weight is 393 g/mol. The fourth-order valence-electron chi connectivity index (χ4n) is 3.26. The molecule has 140 valence electrons. The molecule has 26 heavy (non-hydrogen) atoms. The van der Waals surface area contributed by atoms with Crippen LogP contribution in [-0.2, 0) is 10.0 Å². The molecule has 1 saturated heterocycles. The van der Waals surface area contributed by atoms with Crippen LogP contribution in [0.15, 0.2) is 46.0 Å². The minimum absolute atomic E-state index is 0.0610. The summed E-state index contributed by atoms with van der Waals surface area (Å²) in [4.78, 5) is 12.2. The predicted molar refractivity (Wildman–Crippen MR) is 104 cm³/mol. The summed E-state index contributed by atoms with van der Waals surface area (Å²) in [5.41, 5.74) is 1.74. The molecule has 1 aliphatic rings. The summed E-state index contributed by atoms with van der Waals surface area (Å²) in [6, 6.07) is 10.8. The van der Waals surface area contributed by atoms with Crippen molar-refractivity contribution in [1.29, 1.82) is 0 Å². The molecular weight excluding hydrogens is 368 g/mol. The lowest BCUT2D eigenvalue weighted by Crippen LogP contribution is -2.44. The van der Waals surface area contributed by atoms with Crippen LogP contribution in [0.3, 0.4) is 0 Å². The number of benzene rings is 1. The molecular formula is C19H24N2O3S2. The zero-order chi connectivity index (χ0) is 18.6. The molecule has 1 atom stereocenters. The molecule has 1 aromatic carbocycles. The molecule has 0 bridgehead atoms. The van der Waals surface area contributed by atoms with Gasteiger partial charge < -0.3 is 5.32 Å². The van der Waals surface area contributed by atoms with Gasteiger partial charge in [-0.1, -0.05) is 30.2 Å². The van der Waals surface area contributed by atoms with Crippen molar-refractivity contribution in [3.05, 3.63) is 52.9 Å². The second kappa shape index (κ2) is 8.33. The van der Waals surface area contributed by atoms with Gasteiger partial charge in [0.25, 0.3) is 15.9 Å². The van der Waals surface area contributed by atoms with Gasteiger partial charge in [0.15, 0.2) is 0 Å². The van der Waals surface area contributed by atoms with E-state index in [0.29, 0.717) is 29.3 Å². The summed E-state index contributed by atoms with van der Waals surface area (Å²) in [5.74, 6) is -0.117. The molecule has 1 amide bonds. The molecule has 1 unspecified atom stereocenters. The van der Waals surface area contributed by atoms with Crippen LogP contribution in [0.5, 0.6) is 0 Å². The third-order valence-electron chi connectivity index (χ3n) is 4.71. The highest BCUT2D eigenvalue weighted by molar-refractivity contribution is 7.91. The Kier molecular flexibility index (Phi) is 6.11. The molecule has 2 aromatic rings. The Morgan fingerprint density at radius 3 is 2.69 bits per heavy atom. The molecule has 1 aromatic heterocycles. The lowest BCUT2D eigenvalue weighted by molar-refractivity contribution is 0.0949. The summed E-state index contributed by atoms with van der Waals surface area (Å²) >= 11 is 1.25. The number of aryl methyl sites for hydroxylation is 1. The fourth-order valence-corrected chi connectivity index (χ4v) is 6.11. The summed E-state index contributed by atoms with van der Waals surface area (Å²) in [7, 11) is -3.44. The van der Waals surface area contributed by atoms with Gasteiger partial charge in [-0.2, -0.15) is 4.31 Å². The van der Waals surface area contributed by atoms with Gasteiger partial charge in [0.2, 0.25) is 0 Å². The van der Waals surface area contributed by atoms with Crippen molar-refractivity contribution in [3.8, 4) is 0 Å². The SMILES string of the molecule is Cc1ccc(C(=O)NCCC2CCCCN2S(=O)(=O)c2cccs2)cc1. The molecule has 1 fully saturated rings. The number of carbonyl (C=O) groups is 1. The molecule has 1 aliphatic heterocycles. The number of piperidine rings is 1. The summed E-state index contributed by atoms with van der Waals surface area (Å²) in [6.07, 6.45) is 3.37. The van der Waals surface area contributed by atoms with Crippen molar-refractivity contribution in [1.82, 2.24) is 9.62 Å². The molecule has 0 radical (unpaired) electrons. The van der Waals surface area contributed by atoms with Crippen LogP contribution in [0, 0.1) is 6.92 Å². The zero-order valence-corrected chi connectivity index (χ0v) is 16.5. The van der Waals surface area contributed by atoms with Gasteiger partial charge in [-0.3, -0.25) is 4.79 Å². The Morgan fingerprint density at radius 1 is 1.23 bits per heavy atom. The van der Waals surface area contributed by atoms with Gasteiger partial charge in [0, 0.05) is 24.7 Å².